The van der Waals surface area contributed by atoms with Crippen molar-refractivity contribution in [3.63, 3.8) is 0 Å². The van der Waals surface area contributed by atoms with E-state index in [1.165, 1.54) is 22.4 Å². The lowest BCUT2D eigenvalue weighted by atomic mass is 9.92. The van der Waals surface area contributed by atoms with E-state index in [0.29, 0.717) is 5.92 Å². The minimum atomic E-state index is 0.101. The summed E-state index contributed by atoms with van der Waals surface area (Å²) in [5.41, 5.74) is 7.27. The number of nitrogens with zero attached hydrogens (tertiary/aromatic N) is 3. The Labute approximate surface area is 284 Å². The summed E-state index contributed by atoms with van der Waals surface area (Å²) in [7, 11) is 0. The number of aromatic nitrogens is 2. The number of allylic oxidation sites excluding steroid dienone is 4. The molecule has 7 rings (SSSR count). The molecule has 7 nitrogen and oxygen atoms in total. The van der Waals surface area contributed by atoms with Gasteiger partial charge in [-0.1, -0.05) is 101 Å². The van der Waals surface area contributed by atoms with Gasteiger partial charge in [0.1, 0.15) is 5.82 Å². The van der Waals surface area contributed by atoms with Gasteiger partial charge in [-0.25, -0.2) is 4.98 Å². The number of hydrogen-bond donors (Lipinski definition) is 0. The van der Waals surface area contributed by atoms with Gasteiger partial charge in [0.15, 0.2) is 23.0 Å². The predicted octanol–water partition coefficient (Wildman–Crippen LogP) is 9.72. The zero-order valence-electron chi connectivity index (χ0n) is 28.5. The molecule has 7 heteroatoms. The maximum Gasteiger partial charge on any atom is 0.231 e. The standard InChI is InChI=1S/C41H47N3O4/c1-4-6-17-34(40-39(32-14-9-8-10-15-32)42-41(44(40)22-7-5-2)33-16-12-11-13-29(33)3)43(25-30-18-20-35-37(23-30)47-27-45-35)26-31-19-21-36-38(24-31)48-28-46-36/h8-12,14-16,18-21,23-24,29,34H,4-7,13,17,22,25-28H2,1-3H3/t29?,34-/m0/s1. The van der Waals surface area contributed by atoms with Crippen LogP contribution in [0.2, 0.25) is 0 Å². The maximum absolute atomic E-state index is 5.82. The normalized spacial score (nSPS) is 16.8. The molecule has 2 aliphatic heterocycles. The van der Waals surface area contributed by atoms with E-state index < -0.39 is 0 Å². The molecule has 3 aromatic carbocycles. The molecule has 0 fully saturated rings. The van der Waals surface area contributed by atoms with Crippen LogP contribution in [0.15, 0.2) is 85.0 Å². The summed E-state index contributed by atoms with van der Waals surface area (Å²) in [4.78, 5) is 8.23. The molecule has 0 amide bonds. The van der Waals surface area contributed by atoms with Gasteiger partial charge in [-0.3, -0.25) is 4.90 Å². The van der Waals surface area contributed by atoms with Crippen molar-refractivity contribution in [3.8, 4) is 34.3 Å². The fraction of sp³-hybridized carbons (Fsp3) is 0.390. The van der Waals surface area contributed by atoms with Crippen molar-refractivity contribution < 1.29 is 18.9 Å². The van der Waals surface area contributed by atoms with Gasteiger partial charge in [-0.2, -0.15) is 0 Å². The molecule has 0 N–H and O–H groups in total. The van der Waals surface area contributed by atoms with Crippen molar-refractivity contribution in [2.75, 3.05) is 13.6 Å². The molecule has 250 valence electrons. The molecule has 0 radical (unpaired) electrons. The topological polar surface area (TPSA) is 58.0 Å². The Morgan fingerprint density at radius 3 is 2.08 bits per heavy atom. The van der Waals surface area contributed by atoms with Gasteiger partial charge in [0.2, 0.25) is 13.6 Å². The lowest BCUT2D eigenvalue weighted by Crippen LogP contribution is -2.30. The molecule has 1 aliphatic carbocycles. The highest BCUT2D eigenvalue weighted by atomic mass is 16.7. The zero-order chi connectivity index (χ0) is 32.9. The molecule has 3 heterocycles. The van der Waals surface area contributed by atoms with Crippen LogP contribution in [0.5, 0.6) is 23.0 Å². The van der Waals surface area contributed by atoms with Crippen LogP contribution in [0.4, 0.5) is 0 Å². The lowest BCUT2D eigenvalue weighted by molar-refractivity contribution is 0.159. The Morgan fingerprint density at radius 2 is 1.46 bits per heavy atom. The Balaban J connectivity index is 1.40. The van der Waals surface area contributed by atoms with Gasteiger partial charge in [-0.15, -0.1) is 0 Å². The van der Waals surface area contributed by atoms with Gasteiger partial charge in [0.25, 0.3) is 0 Å². The molecule has 48 heavy (non-hydrogen) atoms. The van der Waals surface area contributed by atoms with Crippen molar-refractivity contribution >= 4 is 5.57 Å². The second-order valence-electron chi connectivity index (χ2n) is 13.2. The Kier molecular flexibility index (Phi) is 9.85. The molecular formula is C41H47N3O4. The van der Waals surface area contributed by atoms with Gasteiger partial charge >= 0.3 is 0 Å². The number of ether oxygens (including phenoxy) is 4. The first-order valence-electron chi connectivity index (χ1n) is 17.7. The molecule has 0 spiro atoms. The van der Waals surface area contributed by atoms with Crippen LogP contribution in [-0.4, -0.2) is 28.0 Å². The minimum Gasteiger partial charge on any atom is -0.454 e. The highest BCUT2D eigenvalue weighted by molar-refractivity contribution is 5.71. The number of unbranched alkanes of at least 4 members (excludes halogenated alkanes) is 2. The molecule has 3 aliphatic rings. The van der Waals surface area contributed by atoms with Crippen LogP contribution < -0.4 is 18.9 Å². The Hall–Kier alpha value is -4.49. The second-order valence-corrected chi connectivity index (χ2v) is 13.2. The first-order chi connectivity index (χ1) is 23.6. The molecule has 0 saturated carbocycles. The summed E-state index contributed by atoms with van der Waals surface area (Å²) >= 11 is 0. The SMILES string of the molecule is CCCC[C@@H](c1c(-c2ccccc2)nc(C2=CC=CCC2C)n1CCCC)N(Cc1ccc2c(c1)OCO2)Cc1ccc2c(c1)OCO2. The maximum atomic E-state index is 5.82. The van der Waals surface area contributed by atoms with E-state index in [0.717, 1.165) is 98.2 Å². The molecule has 4 aromatic rings. The summed E-state index contributed by atoms with van der Waals surface area (Å²) in [6.07, 6.45) is 13.2. The number of benzene rings is 3. The largest absolute Gasteiger partial charge is 0.454 e. The summed E-state index contributed by atoms with van der Waals surface area (Å²) in [5, 5.41) is 0. The van der Waals surface area contributed by atoms with Gasteiger partial charge in [0.05, 0.1) is 17.4 Å². The first-order valence-corrected chi connectivity index (χ1v) is 17.7. The van der Waals surface area contributed by atoms with E-state index in [4.69, 9.17) is 23.9 Å². The third-order valence-corrected chi connectivity index (χ3v) is 9.71. The van der Waals surface area contributed by atoms with Crippen molar-refractivity contribution in [1.29, 1.82) is 0 Å². The summed E-state index contributed by atoms with van der Waals surface area (Å²) in [5.74, 6) is 4.75. The number of hydrogen-bond acceptors (Lipinski definition) is 6. The predicted molar refractivity (Wildman–Crippen MR) is 190 cm³/mol. The van der Waals surface area contributed by atoms with Crippen molar-refractivity contribution in [2.45, 2.75) is 85.0 Å². The van der Waals surface area contributed by atoms with E-state index in [1.54, 1.807) is 0 Å². The molecule has 0 bridgehead atoms. The van der Waals surface area contributed by atoms with Crippen LogP contribution in [0.3, 0.4) is 0 Å². The van der Waals surface area contributed by atoms with E-state index in [1.807, 2.05) is 12.1 Å². The molecule has 1 aromatic heterocycles. The average molecular weight is 646 g/mol. The highest BCUT2D eigenvalue weighted by Crippen LogP contribution is 2.42. The third kappa shape index (κ3) is 6.74. The third-order valence-electron chi connectivity index (χ3n) is 9.71. The number of fused-ring (bicyclic) bond motifs is 2. The lowest BCUT2D eigenvalue weighted by Gasteiger charge is -2.34. The quantitative estimate of drug-likeness (QED) is 0.136. The van der Waals surface area contributed by atoms with Crippen LogP contribution in [0.1, 0.15) is 88.0 Å². The first kappa shape index (κ1) is 32.1. The smallest absolute Gasteiger partial charge is 0.231 e. The van der Waals surface area contributed by atoms with Crippen LogP contribution in [0.25, 0.3) is 16.8 Å². The van der Waals surface area contributed by atoms with E-state index >= 15 is 0 Å². The highest BCUT2D eigenvalue weighted by Gasteiger charge is 2.32. The van der Waals surface area contributed by atoms with Gasteiger partial charge < -0.3 is 23.5 Å². The van der Waals surface area contributed by atoms with Crippen LogP contribution in [-0.2, 0) is 19.6 Å². The van der Waals surface area contributed by atoms with Crippen molar-refractivity contribution in [3.05, 3.63) is 108 Å². The number of rotatable bonds is 14. The summed E-state index contributed by atoms with van der Waals surface area (Å²) in [6.45, 7) is 9.84. The second kappa shape index (κ2) is 14.7. The average Bonchev–Trinajstić information content (AvgIpc) is 3.87. The van der Waals surface area contributed by atoms with Crippen molar-refractivity contribution in [2.24, 2.45) is 5.92 Å². The van der Waals surface area contributed by atoms with E-state index in [2.05, 4.69) is 103 Å². The zero-order valence-corrected chi connectivity index (χ0v) is 28.5. The van der Waals surface area contributed by atoms with Crippen molar-refractivity contribution in [1.82, 2.24) is 14.5 Å². The summed E-state index contributed by atoms with van der Waals surface area (Å²) < 4.78 is 25.6. The van der Waals surface area contributed by atoms with Crippen LogP contribution in [0, 0.1) is 5.92 Å². The number of imidazole rings is 1. The fourth-order valence-corrected chi connectivity index (χ4v) is 7.13. The van der Waals surface area contributed by atoms with Gasteiger partial charge in [0, 0.05) is 25.2 Å². The van der Waals surface area contributed by atoms with Gasteiger partial charge in [-0.05, 0) is 66.1 Å². The molecule has 0 saturated heterocycles. The molecule has 2 atom stereocenters. The van der Waals surface area contributed by atoms with Crippen LogP contribution >= 0.6 is 0 Å². The Bertz CT molecular complexity index is 1720. The van der Waals surface area contributed by atoms with E-state index in [9.17, 15) is 0 Å². The minimum absolute atomic E-state index is 0.101. The molecule has 1 unspecified atom stereocenters. The monoisotopic (exact) mass is 645 g/mol. The molecular weight excluding hydrogens is 598 g/mol. The van der Waals surface area contributed by atoms with E-state index in [-0.39, 0.29) is 19.6 Å². The summed E-state index contributed by atoms with van der Waals surface area (Å²) in [6, 6.07) is 23.6. The fourth-order valence-electron chi connectivity index (χ4n) is 7.13. The Morgan fingerprint density at radius 1 is 0.812 bits per heavy atom.